The quantitative estimate of drug-likeness (QED) is 0.220. The lowest BCUT2D eigenvalue weighted by Crippen LogP contribution is -2.33. The van der Waals surface area contributed by atoms with Crippen molar-refractivity contribution < 1.29 is 22.3 Å². The van der Waals surface area contributed by atoms with Gasteiger partial charge in [0, 0.05) is 7.11 Å². The molecule has 0 amide bonds. The second-order valence-electron chi connectivity index (χ2n) is 3.53. The number of ether oxygens (including phenoxy) is 1. The Hall–Kier alpha value is -1.67. The van der Waals surface area contributed by atoms with E-state index in [-0.39, 0.29) is 24.6 Å². The van der Waals surface area contributed by atoms with Gasteiger partial charge in [-0.05, 0) is 12.1 Å². The number of alkyl halides is 3. The molecule has 8 heteroatoms. The average molecular weight is 279 g/mol. The predicted molar refractivity (Wildman–Crippen MR) is 62.0 cm³/mol. The summed E-state index contributed by atoms with van der Waals surface area (Å²) in [6.07, 6.45) is -4.77. The Labute approximate surface area is 107 Å². The molecule has 0 saturated carbocycles. The van der Waals surface area contributed by atoms with E-state index in [1.807, 2.05) is 0 Å². The van der Waals surface area contributed by atoms with Crippen LogP contribution in [0.5, 0.6) is 0 Å². The van der Waals surface area contributed by atoms with Gasteiger partial charge in [0.1, 0.15) is 11.7 Å². The molecule has 0 saturated heterocycles. The lowest BCUT2D eigenvalue weighted by Gasteiger charge is -2.12. The molecule has 4 nitrogen and oxygen atoms in total. The van der Waals surface area contributed by atoms with Crippen LogP contribution in [0.4, 0.5) is 17.6 Å². The molecule has 1 aromatic rings. The van der Waals surface area contributed by atoms with E-state index in [1.54, 1.807) is 0 Å². The molecule has 0 fully saturated rings. The van der Waals surface area contributed by atoms with Gasteiger partial charge in [0.05, 0.1) is 24.3 Å². The molecule has 0 aliphatic rings. The first-order valence-corrected chi connectivity index (χ1v) is 5.28. The van der Waals surface area contributed by atoms with Gasteiger partial charge in [-0.25, -0.2) is 10.2 Å². The summed E-state index contributed by atoms with van der Waals surface area (Å²) in [4.78, 5) is 3.83. The van der Waals surface area contributed by atoms with Crippen molar-refractivity contribution in [2.45, 2.75) is 6.18 Å². The number of aliphatic imine (C=N–C) groups is 1. The molecular formula is C11H13F4N3O. The van der Waals surface area contributed by atoms with Gasteiger partial charge >= 0.3 is 6.18 Å². The predicted octanol–water partition coefficient (Wildman–Crippen LogP) is 1.70. The molecule has 0 aliphatic carbocycles. The zero-order valence-electron chi connectivity index (χ0n) is 10.1. The number of rotatable bonds is 4. The number of halogens is 4. The molecule has 0 radical (unpaired) electrons. The van der Waals surface area contributed by atoms with E-state index in [2.05, 4.69) is 10.4 Å². The monoisotopic (exact) mass is 279 g/mol. The first-order chi connectivity index (χ1) is 8.91. The van der Waals surface area contributed by atoms with Gasteiger partial charge in [-0.2, -0.15) is 13.2 Å². The van der Waals surface area contributed by atoms with Gasteiger partial charge in [0.2, 0.25) is 0 Å². The zero-order valence-corrected chi connectivity index (χ0v) is 10.1. The smallest absolute Gasteiger partial charge is 0.383 e. The molecule has 1 aromatic carbocycles. The van der Waals surface area contributed by atoms with Crippen molar-refractivity contribution in [1.82, 2.24) is 5.43 Å². The fourth-order valence-electron chi connectivity index (χ4n) is 1.39. The standard InChI is InChI=1S/C11H13F4N3O/c1-19-6-5-17-10(18-16)7-3-2-4-8(9(7)12)11(13,14)15/h2-4H,5-6,16H2,1H3,(H,17,18). The second kappa shape index (κ2) is 6.48. The number of nitrogens with zero attached hydrogens (tertiary/aromatic N) is 1. The van der Waals surface area contributed by atoms with Crippen molar-refractivity contribution in [3.8, 4) is 0 Å². The summed E-state index contributed by atoms with van der Waals surface area (Å²) >= 11 is 0. The van der Waals surface area contributed by atoms with Crippen LogP contribution in [0.1, 0.15) is 11.1 Å². The third-order valence-corrected chi connectivity index (χ3v) is 2.26. The highest BCUT2D eigenvalue weighted by atomic mass is 19.4. The summed E-state index contributed by atoms with van der Waals surface area (Å²) in [6, 6.07) is 2.91. The highest BCUT2D eigenvalue weighted by Crippen LogP contribution is 2.32. The van der Waals surface area contributed by atoms with Gasteiger partial charge < -0.3 is 10.2 Å². The first-order valence-electron chi connectivity index (χ1n) is 5.28. The number of nitrogens with one attached hydrogen (secondary N) is 1. The van der Waals surface area contributed by atoms with Crippen LogP contribution in [-0.4, -0.2) is 26.1 Å². The number of amidine groups is 1. The SMILES string of the molecule is COCCN=C(NN)c1cccc(C(F)(F)F)c1F. The molecule has 0 atom stereocenters. The summed E-state index contributed by atoms with van der Waals surface area (Å²) < 4.78 is 56.2. The highest BCUT2D eigenvalue weighted by Gasteiger charge is 2.35. The van der Waals surface area contributed by atoms with Gasteiger partial charge in [-0.15, -0.1) is 0 Å². The molecule has 0 aliphatic heterocycles. The number of hydrogen-bond acceptors (Lipinski definition) is 3. The van der Waals surface area contributed by atoms with Crippen LogP contribution in [0.25, 0.3) is 0 Å². The second-order valence-corrected chi connectivity index (χ2v) is 3.53. The zero-order chi connectivity index (χ0) is 14.5. The minimum atomic E-state index is -4.77. The van der Waals surface area contributed by atoms with Gasteiger partial charge in [0.15, 0.2) is 0 Å². The third-order valence-electron chi connectivity index (χ3n) is 2.26. The van der Waals surface area contributed by atoms with Gasteiger partial charge in [-0.1, -0.05) is 6.07 Å². The Bertz CT molecular complexity index is 460. The molecule has 3 N–H and O–H groups in total. The van der Waals surface area contributed by atoms with Crippen LogP contribution >= 0.6 is 0 Å². The minimum absolute atomic E-state index is 0.145. The maximum absolute atomic E-state index is 13.8. The Balaban J connectivity index is 3.15. The van der Waals surface area contributed by atoms with E-state index in [0.717, 1.165) is 12.1 Å². The van der Waals surface area contributed by atoms with Crippen LogP contribution in [0.3, 0.4) is 0 Å². The van der Waals surface area contributed by atoms with Crippen LogP contribution in [0.2, 0.25) is 0 Å². The van der Waals surface area contributed by atoms with E-state index >= 15 is 0 Å². The number of hydrazine groups is 1. The van der Waals surface area contributed by atoms with Crippen LogP contribution in [-0.2, 0) is 10.9 Å². The number of benzene rings is 1. The number of methoxy groups -OCH3 is 1. The van der Waals surface area contributed by atoms with Crippen LogP contribution in [0, 0.1) is 5.82 Å². The average Bonchev–Trinajstić information content (AvgIpc) is 2.34. The molecule has 1 rings (SSSR count). The summed E-state index contributed by atoms with van der Waals surface area (Å²) in [5.41, 5.74) is 0.383. The first kappa shape index (κ1) is 15.4. The van der Waals surface area contributed by atoms with E-state index in [0.29, 0.717) is 6.07 Å². The fourth-order valence-corrected chi connectivity index (χ4v) is 1.39. The molecule has 0 aromatic heterocycles. The summed E-state index contributed by atoms with van der Waals surface area (Å²) in [7, 11) is 1.44. The van der Waals surface area contributed by atoms with Crippen molar-refractivity contribution in [3.63, 3.8) is 0 Å². The summed E-state index contributed by atoms with van der Waals surface area (Å²) in [5, 5.41) is 0. The fraction of sp³-hybridized carbons (Fsp3) is 0.364. The summed E-state index contributed by atoms with van der Waals surface area (Å²) in [5.74, 6) is 3.57. The normalized spacial score (nSPS) is 12.6. The van der Waals surface area contributed by atoms with Crippen LogP contribution < -0.4 is 11.3 Å². The maximum Gasteiger partial charge on any atom is 0.419 e. The van der Waals surface area contributed by atoms with Gasteiger partial charge in [0.25, 0.3) is 0 Å². The molecule has 19 heavy (non-hydrogen) atoms. The van der Waals surface area contributed by atoms with E-state index in [1.165, 1.54) is 7.11 Å². The minimum Gasteiger partial charge on any atom is -0.383 e. The Kier molecular flexibility index (Phi) is 5.25. The van der Waals surface area contributed by atoms with E-state index in [9.17, 15) is 17.6 Å². The lowest BCUT2D eigenvalue weighted by molar-refractivity contribution is -0.140. The topological polar surface area (TPSA) is 59.6 Å². The van der Waals surface area contributed by atoms with Crippen molar-refractivity contribution >= 4 is 5.84 Å². The van der Waals surface area contributed by atoms with Crippen molar-refractivity contribution in [1.29, 1.82) is 0 Å². The van der Waals surface area contributed by atoms with E-state index < -0.39 is 17.6 Å². The third kappa shape index (κ3) is 3.90. The molecule has 0 unspecified atom stereocenters. The molecule has 0 heterocycles. The molecule has 0 bridgehead atoms. The largest absolute Gasteiger partial charge is 0.419 e. The number of nitrogens with two attached hydrogens (primary N) is 1. The van der Waals surface area contributed by atoms with Crippen molar-refractivity contribution in [2.24, 2.45) is 10.8 Å². The van der Waals surface area contributed by atoms with E-state index in [4.69, 9.17) is 10.6 Å². The van der Waals surface area contributed by atoms with Gasteiger partial charge in [-0.3, -0.25) is 4.99 Å². The van der Waals surface area contributed by atoms with Crippen LogP contribution in [0.15, 0.2) is 23.2 Å². The molecule has 0 spiro atoms. The van der Waals surface area contributed by atoms with Crippen molar-refractivity contribution in [2.75, 3.05) is 20.3 Å². The Morgan fingerprint density at radius 2 is 2.11 bits per heavy atom. The Morgan fingerprint density at radius 1 is 1.42 bits per heavy atom. The highest BCUT2D eigenvalue weighted by molar-refractivity contribution is 5.98. The lowest BCUT2D eigenvalue weighted by atomic mass is 10.1. The Morgan fingerprint density at radius 3 is 2.63 bits per heavy atom. The maximum atomic E-state index is 13.8. The molecular weight excluding hydrogens is 266 g/mol. The van der Waals surface area contributed by atoms with Crippen molar-refractivity contribution in [3.05, 3.63) is 35.1 Å². The number of hydrogen-bond donors (Lipinski definition) is 2. The molecule has 106 valence electrons. The summed E-state index contributed by atoms with van der Waals surface area (Å²) in [6.45, 7) is 0.386.